The van der Waals surface area contributed by atoms with Crippen LogP contribution in [0.3, 0.4) is 0 Å². The molecule has 0 radical (unpaired) electrons. The van der Waals surface area contributed by atoms with Crippen molar-refractivity contribution in [2.24, 2.45) is 0 Å². The van der Waals surface area contributed by atoms with Gasteiger partial charge in [0.25, 0.3) is 0 Å². The van der Waals surface area contributed by atoms with E-state index in [-0.39, 0.29) is 0 Å². The average Bonchev–Trinajstić information content (AvgIpc) is 2.09. The monoisotopic (exact) mass is 164 g/mol. The molecule has 0 saturated carbocycles. The predicted molar refractivity (Wildman–Crippen MR) is 49.4 cm³/mol. The molecule has 1 rings (SSSR count). The van der Waals surface area contributed by atoms with Crippen molar-refractivity contribution < 1.29 is 9.90 Å². The number of carboxylic acids is 1. The molecular weight excluding hydrogens is 152 g/mol. The molecule has 0 atom stereocenters. The van der Waals surface area contributed by atoms with Gasteiger partial charge in [0.05, 0.1) is 5.56 Å². The summed E-state index contributed by atoms with van der Waals surface area (Å²) in [6.45, 7) is 7.92. The highest BCUT2D eigenvalue weighted by Crippen LogP contribution is 2.01. The van der Waals surface area contributed by atoms with Crippen molar-refractivity contribution in [3.05, 3.63) is 48.6 Å². The third kappa shape index (κ3) is 3.01. The van der Waals surface area contributed by atoms with Crippen LogP contribution in [-0.4, -0.2) is 11.1 Å². The fourth-order valence-corrected chi connectivity index (χ4v) is 0.696. The zero-order valence-electron chi connectivity index (χ0n) is 7.08. The van der Waals surface area contributed by atoms with E-state index in [1.165, 1.54) is 0 Å². The first kappa shape index (κ1) is 10.4. The first-order valence-corrected chi connectivity index (χ1v) is 3.50. The van der Waals surface area contributed by atoms with Gasteiger partial charge >= 0.3 is 5.97 Å². The SMILES string of the molecule is C=C.Cc1ccc(C(=O)O)cc1. The maximum absolute atomic E-state index is 10.3. The molecule has 12 heavy (non-hydrogen) atoms. The van der Waals surface area contributed by atoms with Crippen LogP contribution >= 0.6 is 0 Å². The summed E-state index contributed by atoms with van der Waals surface area (Å²) in [5.74, 6) is -0.875. The van der Waals surface area contributed by atoms with Crippen LogP contribution in [0.15, 0.2) is 37.4 Å². The highest BCUT2D eigenvalue weighted by atomic mass is 16.4. The number of hydrogen-bond acceptors (Lipinski definition) is 1. The highest BCUT2D eigenvalue weighted by molar-refractivity contribution is 5.87. The second-order valence-electron chi connectivity index (χ2n) is 2.17. The molecule has 1 aromatic rings. The van der Waals surface area contributed by atoms with E-state index >= 15 is 0 Å². The molecule has 0 amide bonds. The standard InChI is InChI=1S/C8H8O2.C2H4/c1-6-2-4-7(5-3-6)8(9)10;1-2/h2-5H,1H3,(H,9,10);1-2H2. The molecule has 0 heterocycles. The number of benzene rings is 1. The fourth-order valence-electron chi connectivity index (χ4n) is 0.696. The average molecular weight is 164 g/mol. The van der Waals surface area contributed by atoms with E-state index in [1.54, 1.807) is 24.3 Å². The van der Waals surface area contributed by atoms with Gasteiger partial charge in [0.2, 0.25) is 0 Å². The molecule has 0 aliphatic rings. The van der Waals surface area contributed by atoms with Gasteiger partial charge in [-0.2, -0.15) is 0 Å². The lowest BCUT2D eigenvalue weighted by Gasteiger charge is -1.92. The fraction of sp³-hybridized carbons (Fsp3) is 0.100. The van der Waals surface area contributed by atoms with Gasteiger partial charge in [0.15, 0.2) is 0 Å². The minimum absolute atomic E-state index is 0.339. The Hall–Kier alpha value is -1.57. The maximum Gasteiger partial charge on any atom is 0.335 e. The minimum Gasteiger partial charge on any atom is -0.478 e. The van der Waals surface area contributed by atoms with Crippen molar-refractivity contribution in [2.45, 2.75) is 6.92 Å². The minimum atomic E-state index is -0.875. The topological polar surface area (TPSA) is 37.3 Å². The van der Waals surface area contributed by atoms with Crippen molar-refractivity contribution in [1.29, 1.82) is 0 Å². The van der Waals surface area contributed by atoms with Crippen molar-refractivity contribution >= 4 is 5.97 Å². The molecule has 0 spiro atoms. The Morgan fingerprint density at radius 3 is 2.00 bits per heavy atom. The van der Waals surface area contributed by atoms with Gasteiger partial charge in [0, 0.05) is 0 Å². The van der Waals surface area contributed by atoms with E-state index in [2.05, 4.69) is 13.2 Å². The first-order chi connectivity index (χ1) is 5.70. The summed E-state index contributed by atoms with van der Waals surface area (Å²) in [5, 5.41) is 8.48. The normalized spacial score (nSPS) is 8.08. The van der Waals surface area contributed by atoms with Crippen LogP contribution < -0.4 is 0 Å². The molecule has 0 saturated heterocycles. The van der Waals surface area contributed by atoms with E-state index < -0.39 is 5.97 Å². The number of rotatable bonds is 1. The molecule has 1 aromatic carbocycles. The number of hydrogen-bond donors (Lipinski definition) is 1. The Morgan fingerprint density at radius 2 is 1.67 bits per heavy atom. The van der Waals surface area contributed by atoms with Crippen LogP contribution in [0.1, 0.15) is 15.9 Å². The maximum atomic E-state index is 10.3. The van der Waals surface area contributed by atoms with Gasteiger partial charge in [-0.3, -0.25) is 0 Å². The molecule has 0 fully saturated rings. The molecular formula is C10H12O2. The van der Waals surface area contributed by atoms with Crippen molar-refractivity contribution in [3.63, 3.8) is 0 Å². The smallest absolute Gasteiger partial charge is 0.335 e. The molecule has 2 nitrogen and oxygen atoms in total. The van der Waals surface area contributed by atoms with Gasteiger partial charge in [0.1, 0.15) is 0 Å². The third-order valence-corrected chi connectivity index (χ3v) is 1.30. The van der Waals surface area contributed by atoms with Crippen LogP contribution in [0.25, 0.3) is 0 Å². The molecule has 0 bridgehead atoms. The van der Waals surface area contributed by atoms with Gasteiger partial charge in [-0.25, -0.2) is 4.79 Å². The highest BCUT2D eigenvalue weighted by Gasteiger charge is 1.98. The lowest BCUT2D eigenvalue weighted by atomic mass is 10.2. The Labute approximate surface area is 72.2 Å². The van der Waals surface area contributed by atoms with E-state index in [1.807, 2.05) is 6.92 Å². The van der Waals surface area contributed by atoms with Crippen molar-refractivity contribution in [3.8, 4) is 0 Å². The third-order valence-electron chi connectivity index (χ3n) is 1.30. The van der Waals surface area contributed by atoms with E-state index in [4.69, 9.17) is 5.11 Å². The second-order valence-corrected chi connectivity index (χ2v) is 2.17. The zero-order chi connectivity index (χ0) is 9.56. The predicted octanol–water partition coefficient (Wildman–Crippen LogP) is 2.50. The number of carbonyl (C=O) groups is 1. The molecule has 0 aromatic heterocycles. The summed E-state index contributed by atoms with van der Waals surface area (Å²) < 4.78 is 0. The second kappa shape index (κ2) is 5.13. The summed E-state index contributed by atoms with van der Waals surface area (Å²) in [4.78, 5) is 10.3. The van der Waals surface area contributed by atoms with E-state index in [0.29, 0.717) is 5.56 Å². The Morgan fingerprint density at radius 1 is 1.25 bits per heavy atom. The van der Waals surface area contributed by atoms with Crippen molar-refractivity contribution in [2.75, 3.05) is 0 Å². The van der Waals surface area contributed by atoms with Gasteiger partial charge < -0.3 is 5.11 Å². The van der Waals surface area contributed by atoms with Crippen molar-refractivity contribution in [1.82, 2.24) is 0 Å². The van der Waals surface area contributed by atoms with Crippen LogP contribution in [-0.2, 0) is 0 Å². The summed E-state index contributed by atoms with van der Waals surface area (Å²) in [5.41, 5.74) is 1.41. The van der Waals surface area contributed by atoms with E-state index in [9.17, 15) is 4.79 Å². The van der Waals surface area contributed by atoms with Crippen LogP contribution in [0.2, 0.25) is 0 Å². The number of carboxylic acid groups (broad SMARTS) is 1. The zero-order valence-corrected chi connectivity index (χ0v) is 7.08. The summed E-state index contributed by atoms with van der Waals surface area (Å²) in [7, 11) is 0. The Bertz CT molecular complexity index is 249. The summed E-state index contributed by atoms with van der Waals surface area (Å²) in [6, 6.07) is 6.75. The summed E-state index contributed by atoms with van der Waals surface area (Å²) in [6.07, 6.45) is 0. The molecule has 0 aliphatic carbocycles. The van der Waals surface area contributed by atoms with Gasteiger partial charge in [-0.1, -0.05) is 17.7 Å². The van der Waals surface area contributed by atoms with Crippen LogP contribution in [0, 0.1) is 6.92 Å². The lowest BCUT2D eigenvalue weighted by Crippen LogP contribution is -1.94. The largest absolute Gasteiger partial charge is 0.478 e. The molecule has 2 heteroatoms. The van der Waals surface area contributed by atoms with Crippen LogP contribution in [0.4, 0.5) is 0 Å². The van der Waals surface area contributed by atoms with Gasteiger partial charge in [-0.15, -0.1) is 13.2 Å². The quantitative estimate of drug-likeness (QED) is 0.647. The number of aromatic carboxylic acids is 1. The molecule has 0 aliphatic heterocycles. The Kier molecular flexibility index (Phi) is 4.46. The van der Waals surface area contributed by atoms with Crippen LogP contribution in [0.5, 0.6) is 0 Å². The van der Waals surface area contributed by atoms with Gasteiger partial charge in [-0.05, 0) is 19.1 Å². The molecule has 64 valence electrons. The van der Waals surface area contributed by atoms with E-state index in [0.717, 1.165) is 5.56 Å². The first-order valence-electron chi connectivity index (χ1n) is 3.50. The molecule has 0 unspecified atom stereocenters. The lowest BCUT2D eigenvalue weighted by molar-refractivity contribution is 0.0697. The Balaban J connectivity index is 0.000000561. The summed E-state index contributed by atoms with van der Waals surface area (Å²) >= 11 is 0. The molecule has 1 N–H and O–H groups in total. The number of aryl methyl sites for hydroxylation is 1.